The van der Waals surface area contributed by atoms with Crippen molar-refractivity contribution in [3.63, 3.8) is 0 Å². The highest BCUT2D eigenvalue weighted by Crippen LogP contribution is 2.29. The van der Waals surface area contributed by atoms with E-state index in [1.807, 2.05) is 24.3 Å². The summed E-state index contributed by atoms with van der Waals surface area (Å²) in [6.07, 6.45) is -3.82. The van der Waals surface area contributed by atoms with Crippen molar-refractivity contribution in [2.45, 2.75) is 39.8 Å². The normalized spacial score (nSPS) is 12.1. The molecule has 31 heavy (non-hydrogen) atoms. The first-order valence-electron chi connectivity index (χ1n) is 10.1. The Bertz CT molecular complexity index is 1050. The standard InChI is InChI=1S/C24H26F3N3O/c1-23(2,3)15-28-21-12-7-17-14-19(10-11-20(17)30-21)29-22(31)13-6-16-4-8-18(9-5-16)24(25,26)27/h4-5,7-12,14H,6,13,15H2,1-3H3,(H,28,30)(H,29,31). The van der Waals surface area contributed by atoms with Crippen molar-refractivity contribution in [1.29, 1.82) is 0 Å². The van der Waals surface area contributed by atoms with Gasteiger partial charge >= 0.3 is 6.18 Å². The number of anilines is 2. The molecule has 0 saturated heterocycles. The number of fused-ring (bicyclic) bond motifs is 1. The number of aromatic nitrogens is 1. The number of benzene rings is 2. The van der Waals surface area contributed by atoms with Crippen molar-refractivity contribution in [2.24, 2.45) is 5.41 Å². The van der Waals surface area contributed by atoms with Gasteiger partial charge in [0.2, 0.25) is 5.91 Å². The fourth-order valence-electron chi connectivity index (χ4n) is 3.00. The maximum atomic E-state index is 12.6. The molecule has 3 aromatic rings. The first-order valence-corrected chi connectivity index (χ1v) is 10.1. The van der Waals surface area contributed by atoms with Gasteiger partial charge in [-0.2, -0.15) is 13.2 Å². The summed E-state index contributed by atoms with van der Waals surface area (Å²) in [5.74, 6) is 0.603. The van der Waals surface area contributed by atoms with Gasteiger partial charge in [-0.3, -0.25) is 4.79 Å². The minimum Gasteiger partial charge on any atom is -0.370 e. The molecule has 0 aliphatic rings. The van der Waals surface area contributed by atoms with Gasteiger partial charge in [0.1, 0.15) is 5.82 Å². The van der Waals surface area contributed by atoms with E-state index in [4.69, 9.17) is 0 Å². The van der Waals surface area contributed by atoms with Crippen LogP contribution >= 0.6 is 0 Å². The Balaban J connectivity index is 1.57. The Kier molecular flexibility index (Phi) is 6.53. The summed E-state index contributed by atoms with van der Waals surface area (Å²) in [5.41, 5.74) is 1.61. The van der Waals surface area contributed by atoms with Crippen LogP contribution in [0.5, 0.6) is 0 Å². The summed E-state index contributed by atoms with van der Waals surface area (Å²) in [7, 11) is 0. The molecule has 0 bridgehead atoms. The Morgan fingerprint density at radius 3 is 2.32 bits per heavy atom. The number of carbonyl (C=O) groups excluding carboxylic acids is 1. The van der Waals surface area contributed by atoms with Gasteiger partial charge in [-0.05, 0) is 59.9 Å². The number of hydrogen-bond acceptors (Lipinski definition) is 3. The van der Waals surface area contributed by atoms with Crippen molar-refractivity contribution in [3.8, 4) is 0 Å². The zero-order chi connectivity index (χ0) is 22.6. The van der Waals surface area contributed by atoms with Gasteiger partial charge in [0.05, 0.1) is 11.1 Å². The number of pyridine rings is 1. The Morgan fingerprint density at radius 2 is 1.68 bits per heavy atom. The van der Waals surface area contributed by atoms with Gasteiger partial charge in [0, 0.05) is 24.0 Å². The molecule has 0 fully saturated rings. The van der Waals surface area contributed by atoms with Crippen molar-refractivity contribution in [3.05, 3.63) is 65.7 Å². The molecule has 0 radical (unpaired) electrons. The van der Waals surface area contributed by atoms with Crippen molar-refractivity contribution in [1.82, 2.24) is 4.98 Å². The summed E-state index contributed by atoms with van der Waals surface area (Å²) >= 11 is 0. The zero-order valence-corrected chi connectivity index (χ0v) is 17.8. The molecule has 0 unspecified atom stereocenters. The Hall–Kier alpha value is -3.09. The molecule has 2 aromatic carbocycles. The molecule has 7 heteroatoms. The molecule has 2 N–H and O–H groups in total. The third kappa shape index (κ3) is 6.70. The number of nitrogens with one attached hydrogen (secondary N) is 2. The molecular weight excluding hydrogens is 403 g/mol. The molecule has 0 spiro atoms. The lowest BCUT2D eigenvalue weighted by atomic mass is 9.97. The number of aryl methyl sites for hydroxylation is 1. The van der Waals surface area contributed by atoms with Crippen LogP contribution < -0.4 is 10.6 Å². The van der Waals surface area contributed by atoms with Crippen LogP contribution in [-0.2, 0) is 17.4 Å². The number of halogens is 3. The lowest BCUT2D eigenvalue weighted by Gasteiger charge is -2.19. The minimum atomic E-state index is -4.36. The van der Waals surface area contributed by atoms with Crippen LogP contribution in [0.3, 0.4) is 0 Å². The van der Waals surface area contributed by atoms with Gasteiger partial charge in [-0.1, -0.05) is 32.9 Å². The molecule has 1 amide bonds. The van der Waals surface area contributed by atoms with E-state index < -0.39 is 11.7 Å². The molecule has 0 atom stereocenters. The largest absolute Gasteiger partial charge is 0.416 e. The van der Waals surface area contributed by atoms with E-state index in [1.54, 1.807) is 6.07 Å². The predicted octanol–water partition coefficient (Wildman–Crippen LogP) is 6.28. The van der Waals surface area contributed by atoms with E-state index in [9.17, 15) is 18.0 Å². The Labute approximate surface area is 179 Å². The highest BCUT2D eigenvalue weighted by atomic mass is 19.4. The van der Waals surface area contributed by atoms with E-state index in [1.165, 1.54) is 12.1 Å². The summed E-state index contributed by atoms with van der Waals surface area (Å²) in [6.45, 7) is 7.24. The smallest absolute Gasteiger partial charge is 0.370 e. The van der Waals surface area contributed by atoms with Gasteiger partial charge in [0.25, 0.3) is 0 Å². The molecule has 0 aliphatic carbocycles. The number of nitrogens with zero attached hydrogens (tertiary/aromatic N) is 1. The third-order valence-corrected chi connectivity index (χ3v) is 4.69. The number of rotatable bonds is 6. The summed E-state index contributed by atoms with van der Waals surface area (Å²) in [4.78, 5) is 16.9. The molecule has 0 aliphatic heterocycles. The van der Waals surface area contributed by atoms with Gasteiger partial charge in [-0.15, -0.1) is 0 Å². The second-order valence-electron chi connectivity index (χ2n) is 8.76. The van der Waals surface area contributed by atoms with Crippen molar-refractivity contribution >= 4 is 28.3 Å². The second-order valence-corrected chi connectivity index (χ2v) is 8.76. The summed E-state index contributed by atoms with van der Waals surface area (Å²) in [5, 5.41) is 7.07. The van der Waals surface area contributed by atoms with E-state index in [0.29, 0.717) is 17.7 Å². The highest BCUT2D eigenvalue weighted by molar-refractivity contribution is 5.94. The number of alkyl halides is 3. The lowest BCUT2D eigenvalue weighted by molar-refractivity contribution is -0.137. The van der Waals surface area contributed by atoms with E-state index in [-0.39, 0.29) is 17.7 Å². The lowest BCUT2D eigenvalue weighted by Crippen LogP contribution is -2.19. The quantitative estimate of drug-likeness (QED) is 0.485. The van der Waals surface area contributed by atoms with Crippen LogP contribution in [0, 0.1) is 5.41 Å². The number of hydrogen-bond donors (Lipinski definition) is 2. The maximum absolute atomic E-state index is 12.6. The summed E-state index contributed by atoms with van der Waals surface area (Å²) < 4.78 is 37.9. The minimum absolute atomic E-state index is 0.144. The molecule has 3 rings (SSSR count). The van der Waals surface area contributed by atoms with E-state index in [0.717, 1.165) is 35.4 Å². The second kappa shape index (κ2) is 8.96. The fraction of sp³-hybridized carbons (Fsp3) is 0.333. The van der Waals surface area contributed by atoms with Crippen molar-refractivity contribution < 1.29 is 18.0 Å². The van der Waals surface area contributed by atoms with Gasteiger partial charge in [-0.25, -0.2) is 4.98 Å². The van der Waals surface area contributed by atoms with Crippen LogP contribution in [0.15, 0.2) is 54.6 Å². The average molecular weight is 429 g/mol. The SMILES string of the molecule is CC(C)(C)CNc1ccc2cc(NC(=O)CCc3ccc(C(F)(F)F)cc3)ccc2n1. The van der Waals surface area contributed by atoms with Gasteiger partial charge < -0.3 is 10.6 Å². The molecular formula is C24H26F3N3O. The van der Waals surface area contributed by atoms with E-state index in [2.05, 4.69) is 36.4 Å². The fourth-order valence-corrected chi connectivity index (χ4v) is 3.00. The maximum Gasteiger partial charge on any atom is 0.416 e. The number of carbonyl (C=O) groups is 1. The molecule has 4 nitrogen and oxygen atoms in total. The average Bonchev–Trinajstić information content (AvgIpc) is 2.70. The van der Waals surface area contributed by atoms with Crippen LogP contribution in [0.4, 0.5) is 24.7 Å². The zero-order valence-electron chi connectivity index (χ0n) is 17.8. The summed E-state index contributed by atoms with van der Waals surface area (Å²) in [6, 6.07) is 14.2. The third-order valence-electron chi connectivity index (χ3n) is 4.69. The first-order chi connectivity index (χ1) is 14.5. The van der Waals surface area contributed by atoms with Crippen LogP contribution in [0.25, 0.3) is 10.9 Å². The van der Waals surface area contributed by atoms with Crippen LogP contribution in [0.1, 0.15) is 38.3 Å². The molecule has 164 valence electrons. The monoisotopic (exact) mass is 429 g/mol. The van der Waals surface area contributed by atoms with Crippen LogP contribution in [-0.4, -0.2) is 17.4 Å². The topological polar surface area (TPSA) is 54.0 Å². The molecule has 1 heterocycles. The number of amides is 1. The molecule has 1 aromatic heterocycles. The molecule has 0 saturated carbocycles. The van der Waals surface area contributed by atoms with Crippen LogP contribution in [0.2, 0.25) is 0 Å². The predicted molar refractivity (Wildman–Crippen MR) is 118 cm³/mol. The Morgan fingerprint density at radius 1 is 0.968 bits per heavy atom. The van der Waals surface area contributed by atoms with E-state index >= 15 is 0 Å². The highest BCUT2D eigenvalue weighted by Gasteiger charge is 2.29. The first kappa shape index (κ1) is 22.6. The van der Waals surface area contributed by atoms with Crippen molar-refractivity contribution in [2.75, 3.05) is 17.2 Å². The van der Waals surface area contributed by atoms with Gasteiger partial charge in [0.15, 0.2) is 0 Å².